The van der Waals surface area contributed by atoms with Crippen molar-refractivity contribution in [2.45, 2.75) is 46.7 Å². The van der Waals surface area contributed by atoms with Crippen LogP contribution in [0.2, 0.25) is 0 Å². The van der Waals surface area contributed by atoms with Crippen molar-refractivity contribution in [2.75, 3.05) is 0 Å². The van der Waals surface area contributed by atoms with E-state index in [0.29, 0.717) is 12.4 Å². The first-order valence-electron chi connectivity index (χ1n) is 7.02. The van der Waals surface area contributed by atoms with Gasteiger partial charge in [-0.25, -0.2) is 0 Å². The lowest BCUT2D eigenvalue weighted by molar-refractivity contribution is 0.416. The smallest absolute Gasteiger partial charge is 0.239 e. The summed E-state index contributed by atoms with van der Waals surface area (Å²) in [4.78, 5) is 0. The van der Waals surface area contributed by atoms with Crippen molar-refractivity contribution in [3.63, 3.8) is 0 Å². The predicted octanol–water partition coefficient (Wildman–Crippen LogP) is 2.51. The third kappa shape index (κ3) is 4.01. The third-order valence-corrected chi connectivity index (χ3v) is 3.14. The minimum absolute atomic E-state index is 0.0563. The number of rotatable bonds is 4. The summed E-state index contributed by atoms with van der Waals surface area (Å²) >= 11 is 0. The number of aromatic nitrogens is 4. The SMILES string of the molecule is Cc1nn(C)c(C)c1Oc1ccc(CNC(C)(C)C)nn1. The van der Waals surface area contributed by atoms with E-state index in [4.69, 9.17) is 4.74 Å². The molecular formula is C15H23N5O. The van der Waals surface area contributed by atoms with Crippen molar-refractivity contribution in [3.8, 4) is 11.6 Å². The van der Waals surface area contributed by atoms with E-state index >= 15 is 0 Å². The zero-order valence-corrected chi connectivity index (χ0v) is 13.6. The molecule has 0 bridgehead atoms. The number of nitrogens with zero attached hydrogens (tertiary/aromatic N) is 4. The molecule has 0 atom stereocenters. The third-order valence-electron chi connectivity index (χ3n) is 3.14. The van der Waals surface area contributed by atoms with E-state index in [0.717, 1.165) is 22.8 Å². The van der Waals surface area contributed by atoms with Gasteiger partial charge >= 0.3 is 0 Å². The lowest BCUT2D eigenvalue weighted by Crippen LogP contribution is -2.35. The van der Waals surface area contributed by atoms with E-state index in [-0.39, 0.29) is 5.54 Å². The van der Waals surface area contributed by atoms with Crippen LogP contribution < -0.4 is 10.1 Å². The Balaban J connectivity index is 2.06. The fraction of sp³-hybridized carbons (Fsp3) is 0.533. The predicted molar refractivity (Wildman–Crippen MR) is 81.4 cm³/mol. The fourth-order valence-corrected chi connectivity index (χ4v) is 1.86. The van der Waals surface area contributed by atoms with E-state index < -0.39 is 0 Å². The summed E-state index contributed by atoms with van der Waals surface area (Å²) in [7, 11) is 1.89. The van der Waals surface area contributed by atoms with Gasteiger partial charge in [0.25, 0.3) is 0 Å². The largest absolute Gasteiger partial charge is 0.434 e. The zero-order chi connectivity index (χ0) is 15.6. The molecule has 21 heavy (non-hydrogen) atoms. The van der Waals surface area contributed by atoms with E-state index in [9.17, 15) is 0 Å². The van der Waals surface area contributed by atoms with E-state index in [2.05, 4.69) is 41.4 Å². The van der Waals surface area contributed by atoms with Crippen molar-refractivity contribution in [3.05, 3.63) is 29.2 Å². The van der Waals surface area contributed by atoms with Gasteiger partial charge in [0.15, 0.2) is 5.75 Å². The number of hydrogen-bond acceptors (Lipinski definition) is 5. The van der Waals surface area contributed by atoms with Gasteiger partial charge < -0.3 is 10.1 Å². The van der Waals surface area contributed by atoms with Gasteiger partial charge in [-0.2, -0.15) is 10.2 Å². The molecule has 2 heterocycles. The minimum Gasteiger partial charge on any atom is -0.434 e. The molecule has 0 aliphatic heterocycles. The molecule has 2 aromatic rings. The maximum Gasteiger partial charge on any atom is 0.239 e. The second-order valence-corrected chi connectivity index (χ2v) is 6.19. The van der Waals surface area contributed by atoms with Crippen LogP contribution in [0.4, 0.5) is 0 Å². The first-order chi connectivity index (χ1) is 9.76. The Morgan fingerprint density at radius 1 is 1.19 bits per heavy atom. The molecule has 0 aromatic carbocycles. The Kier molecular flexibility index (Phi) is 4.27. The summed E-state index contributed by atoms with van der Waals surface area (Å²) in [5, 5.41) is 16.0. The summed E-state index contributed by atoms with van der Waals surface area (Å²) in [5.41, 5.74) is 2.75. The average molecular weight is 289 g/mol. The molecule has 114 valence electrons. The molecule has 0 spiro atoms. The molecule has 2 rings (SSSR count). The molecule has 2 aromatic heterocycles. The normalized spacial score (nSPS) is 11.7. The van der Waals surface area contributed by atoms with Crippen LogP contribution in [0.3, 0.4) is 0 Å². The van der Waals surface area contributed by atoms with Crippen LogP contribution in [0.25, 0.3) is 0 Å². The van der Waals surface area contributed by atoms with Crippen molar-refractivity contribution in [1.82, 2.24) is 25.3 Å². The topological polar surface area (TPSA) is 64.9 Å². The molecule has 6 nitrogen and oxygen atoms in total. The zero-order valence-electron chi connectivity index (χ0n) is 13.6. The Bertz CT molecular complexity index is 610. The Labute approximate surface area is 125 Å². The van der Waals surface area contributed by atoms with Gasteiger partial charge in [-0.05, 0) is 40.7 Å². The minimum atomic E-state index is 0.0563. The molecule has 0 fully saturated rings. The molecule has 6 heteroatoms. The highest BCUT2D eigenvalue weighted by molar-refractivity contribution is 5.35. The van der Waals surface area contributed by atoms with Crippen molar-refractivity contribution in [1.29, 1.82) is 0 Å². The summed E-state index contributed by atoms with van der Waals surface area (Å²) in [6, 6.07) is 3.75. The highest BCUT2D eigenvalue weighted by atomic mass is 16.5. The first-order valence-corrected chi connectivity index (χ1v) is 7.02. The first kappa shape index (κ1) is 15.4. The maximum atomic E-state index is 5.78. The van der Waals surface area contributed by atoms with Crippen LogP contribution in [-0.4, -0.2) is 25.5 Å². The fourth-order valence-electron chi connectivity index (χ4n) is 1.86. The van der Waals surface area contributed by atoms with Gasteiger partial charge in [0.2, 0.25) is 5.88 Å². The second kappa shape index (κ2) is 5.81. The molecule has 0 saturated carbocycles. The standard InChI is InChI=1S/C15H23N5O/c1-10-14(11(2)20(6)19-10)21-13-8-7-12(17-18-13)9-16-15(3,4)5/h7-8,16H,9H2,1-6H3. The van der Waals surface area contributed by atoms with Crippen molar-refractivity contribution < 1.29 is 4.74 Å². The lowest BCUT2D eigenvalue weighted by atomic mass is 10.1. The van der Waals surface area contributed by atoms with Crippen LogP contribution in [0, 0.1) is 13.8 Å². The highest BCUT2D eigenvalue weighted by Gasteiger charge is 2.13. The maximum absolute atomic E-state index is 5.78. The molecule has 0 aliphatic carbocycles. The molecule has 0 unspecified atom stereocenters. The van der Waals surface area contributed by atoms with E-state index in [1.54, 1.807) is 4.68 Å². The molecule has 0 saturated heterocycles. The number of aryl methyl sites for hydroxylation is 2. The number of nitrogens with one attached hydrogen (secondary N) is 1. The van der Waals surface area contributed by atoms with Crippen LogP contribution in [0.1, 0.15) is 37.9 Å². The molecule has 0 amide bonds. The van der Waals surface area contributed by atoms with Gasteiger partial charge in [0.1, 0.15) is 5.69 Å². The van der Waals surface area contributed by atoms with Gasteiger partial charge in [0.05, 0.1) is 11.4 Å². The Morgan fingerprint density at radius 2 is 1.90 bits per heavy atom. The molecule has 0 radical (unpaired) electrons. The summed E-state index contributed by atoms with van der Waals surface area (Å²) in [6.45, 7) is 10.9. The Morgan fingerprint density at radius 3 is 2.38 bits per heavy atom. The highest BCUT2D eigenvalue weighted by Crippen LogP contribution is 2.26. The monoisotopic (exact) mass is 289 g/mol. The van der Waals surface area contributed by atoms with Crippen molar-refractivity contribution >= 4 is 0 Å². The van der Waals surface area contributed by atoms with Gasteiger partial charge in [0, 0.05) is 25.2 Å². The van der Waals surface area contributed by atoms with Crippen LogP contribution in [0.15, 0.2) is 12.1 Å². The quantitative estimate of drug-likeness (QED) is 0.937. The summed E-state index contributed by atoms with van der Waals surface area (Å²) in [6.07, 6.45) is 0. The molecule has 1 N–H and O–H groups in total. The summed E-state index contributed by atoms with van der Waals surface area (Å²) in [5.74, 6) is 1.22. The van der Waals surface area contributed by atoms with Crippen LogP contribution in [-0.2, 0) is 13.6 Å². The van der Waals surface area contributed by atoms with Gasteiger partial charge in [-0.1, -0.05) is 0 Å². The average Bonchev–Trinajstić information content (AvgIpc) is 2.64. The molecular weight excluding hydrogens is 266 g/mol. The van der Waals surface area contributed by atoms with E-state index in [1.807, 2.05) is 33.0 Å². The summed E-state index contributed by atoms with van der Waals surface area (Å²) < 4.78 is 7.58. The van der Waals surface area contributed by atoms with Gasteiger partial charge in [-0.15, -0.1) is 5.10 Å². The number of hydrogen-bond donors (Lipinski definition) is 1. The van der Waals surface area contributed by atoms with Crippen molar-refractivity contribution in [2.24, 2.45) is 7.05 Å². The lowest BCUT2D eigenvalue weighted by Gasteiger charge is -2.19. The molecule has 0 aliphatic rings. The number of ether oxygens (including phenoxy) is 1. The van der Waals surface area contributed by atoms with Crippen LogP contribution >= 0.6 is 0 Å². The second-order valence-electron chi connectivity index (χ2n) is 6.19. The van der Waals surface area contributed by atoms with Crippen LogP contribution in [0.5, 0.6) is 11.6 Å². The van der Waals surface area contributed by atoms with E-state index in [1.165, 1.54) is 0 Å². The van der Waals surface area contributed by atoms with Gasteiger partial charge in [-0.3, -0.25) is 4.68 Å². The Hall–Kier alpha value is -1.95.